The van der Waals surface area contributed by atoms with Crippen LogP contribution in [0.1, 0.15) is 23.1 Å². The number of aromatic nitrogens is 1. The summed E-state index contributed by atoms with van der Waals surface area (Å²) in [6.07, 6.45) is 2.61. The highest BCUT2D eigenvalue weighted by Gasteiger charge is 2.07. The summed E-state index contributed by atoms with van der Waals surface area (Å²) in [7, 11) is 0. The molecule has 16 heavy (non-hydrogen) atoms. The number of carbonyl (C=O) groups is 2. The maximum atomic E-state index is 11.3. The molecular weight excluding hydrogens is 208 g/mol. The van der Waals surface area contributed by atoms with E-state index in [0.717, 1.165) is 0 Å². The summed E-state index contributed by atoms with van der Waals surface area (Å²) in [6.45, 7) is 2.01. The second-order valence-corrected chi connectivity index (χ2v) is 2.90. The van der Waals surface area contributed by atoms with Crippen molar-refractivity contribution in [2.45, 2.75) is 6.92 Å². The summed E-state index contributed by atoms with van der Waals surface area (Å²) >= 11 is 0. The lowest BCUT2D eigenvalue weighted by molar-refractivity contribution is -0.113. The van der Waals surface area contributed by atoms with Gasteiger partial charge in [0.25, 0.3) is 0 Å². The van der Waals surface area contributed by atoms with Gasteiger partial charge in [-0.2, -0.15) is 0 Å². The van der Waals surface area contributed by atoms with E-state index in [4.69, 9.17) is 10.5 Å². The molecule has 0 unspecified atom stereocenters. The van der Waals surface area contributed by atoms with Crippen molar-refractivity contribution in [3.8, 4) is 0 Å². The topological polar surface area (TPSA) is 82.3 Å². The number of pyridine rings is 1. The Morgan fingerprint density at radius 3 is 2.88 bits per heavy atom. The van der Waals surface area contributed by atoms with Gasteiger partial charge in [-0.1, -0.05) is 6.07 Å². The fraction of sp³-hybridized carbons (Fsp3) is 0.182. The SMILES string of the molecule is CCOC(=O)c1cccc(C=CC(N)=O)n1. The van der Waals surface area contributed by atoms with Crippen LogP contribution in [0.4, 0.5) is 0 Å². The van der Waals surface area contributed by atoms with Gasteiger partial charge in [-0.25, -0.2) is 9.78 Å². The average Bonchev–Trinajstić information content (AvgIpc) is 2.27. The first kappa shape index (κ1) is 11.9. The fourth-order valence-electron chi connectivity index (χ4n) is 1.03. The number of nitrogens with two attached hydrogens (primary N) is 1. The van der Waals surface area contributed by atoms with E-state index in [0.29, 0.717) is 12.3 Å². The van der Waals surface area contributed by atoms with Gasteiger partial charge in [0.15, 0.2) is 0 Å². The van der Waals surface area contributed by atoms with Gasteiger partial charge >= 0.3 is 5.97 Å². The van der Waals surface area contributed by atoms with Crippen molar-refractivity contribution in [2.75, 3.05) is 6.61 Å². The highest BCUT2D eigenvalue weighted by Crippen LogP contribution is 2.03. The van der Waals surface area contributed by atoms with Crippen molar-refractivity contribution < 1.29 is 14.3 Å². The molecule has 5 heteroatoms. The van der Waals surface area contributed by atoms with Crippen molar-refractivity contribution in [3.05, 3.63) is 35.7 Å². The normalized spacial score (nSPS) is 10.3. The Bertz CT molecular complexity index is 427. The van der Waals surface area contributed by atoms with E-state index in [1.165, 1.54) is 12.2 Å². The molecule has 0 bridgehead atoms. The number of amides is 1. The molecule has 1 rings (SSSR count). The molecule has 0 atom stereocenters. The maximum Gasteiger partial charge on any atom is 0.356 e. The number of hydrogen-bond acceptors (Lipinski definition) is 4. The number of hydrogen-bond donors (Lipinski definition) is 1. The maximum absolute atomic E-state index is 11.3. The molecule has 2 N–H and O–H groups in total. The number of carbonyl (C=O) groups excluding carboxylic acids is 2. The van der Waals surface area contributed by atoms with Crippen molar-refractivity contribution in [3.63, 3.8) is 0 Å². The van der Waals surface area contributed by atoms with Gasteiger partial charge in [0.05, 0.1) is 12.3 Å². The smallest absolute Gasteiger partial charge is 0.356 e. The minimum Gasteiger partial charge on any atom is -0.461 e. The van der Waals surface area contributed by atoms with E-state index >= 15 is 0 Å². The first-order chi connectivity index (χ1) is 7.63. The highest BCUT2D eigenvalue weighted by molar-refractivity contribution is 5.90. The molecule has 0 saturated carbocycles. The molecule has 0 saturated heterocycles. The molecule has 84 valence electrons. The molecule has 0 aliphatic rings. The van der Waals surface area contributed by atoms with Crippen LogP contribution < -0.4 is 5.73 Å². The molecule has 0 aliphatic heterocycles. The monoisotopic (exact) mass is 220 g/mol. The summed E-state index contributed by atoms with van der Waals surface area (Å²) < 4.78 is 4.79. The van der Waals surface area contributed by atoms with E-state index in [9.17, 15) is 9.59 Å². The van der Waals surface area contributed by atoms with Gasteiger partial charge < -0.3 is 10.5 Å². The lowest BCUT2D eigenvalue weighted by Crippen LogP contribution is -2.08. The average molecular weight is 220 g/mol. The second-order valence-electron chi connectivity index (χ2n) is 2.90. The lowest BCUT2D eigenvalue weighted by Gasteiger charge is -2.01. The van der Waals surface area contributed by atoms with Crippen molar-refractivity contribution >= 4 is 18.0 Å². The molecule has 0 aliphatic carbocycles. The number of ether oxygens (including phenoxy) is 1. The van der Waals surface area contributed by atoms with Crippen LogP contribution in [-0.2, 0) is 9.53 Å². The van der Waals surface area contributed by atoms with Crippen molar-refractivity contribution in [1.29, 1.82) is 0 Å². The Labute approximate surface area is 92.9 Å². The van der Waals surface area contributed by atoms with E-state index in [1.807, 2.05) is 0 Å². The van der Waals surface area contributed by atoms with E-state index in [2.05, 4.69) is 4.98 Å². The number of esters is 1. The van der Waals surface area contributed by atoms with E-state index in [-0.39, 0.29) is 5.69 Å². The zero-order chi connectivity index (χ0) is 12.0. The number of rotatable bonds is 4. The molecule has 5 nitrogen and oxygen atoms in total. The largest absolute Gasteiger partial charge is 0.461 e. The quantitative estimate of drug-likeness (QED) is 0.599. The van der Waals surface area contributed by atoms with Gasteiger partial charge in [0.2, 0.25) is 5.91 Å². The third kappa shape index (κ3) is 3.53. The molecular formula is C11H12N2O3. The lowest BCUT2D eigenvalue weighted by atomic mass is 10.3. The van der Waals surface area contributed by atoms with Gasteiger partial charge in [-0.3, -0.25) is 4.79 Å². The third-order valence-corrected chi connectivity index (χ3v) is 1.67. The van der Waals surface area contributed by atoms with E-state index in [1.54, 1.807) is 25.1 Å². The van der Waals surface area contributed by atoms with Crippen LogP contribution in [0.5, 0.6) is 0 Å². The van der Waals surface area contributed by atoms with Crippen LogP contribution in [-0.4, -0.2) is 23.5 Å². The predicted molar refractivity (Wildman–Crippen MR) is 58.4 cm³/mol. The van der Waals surface area contributed by atoms with Crippen LogP contribution in [0.3, 0.4) is 0 Å². The first-order valence-electron chi connectivity index (χ1n) is 4.75. The summed E-state index contributed by atoms with van der Waals surface area (Å²) in [5.74, 6) is -1.06. The van der Waals surface area contributed by atoms with Crippen LogP contribution in [0, 0.1) is 0 Å². The van der Waals surface area contributed by atoms with Gasteiger partial charge in [0, 0.05) is 6.08 Å². The molecule has 0 spiro atoms. The molecule has 0 aromatic carbocycles. The van der Waals surface area contributed by atoms with Crippen LogP contribution in [0.25, 0.3) is 6.08 Å². The highest BCUT2D eigenvalue weighted by atomic mass is 16.5. The Balaban J connectivity index is 2.86. The molecule has 1 heterocycles. The Morgan fingerprint density at radius 2 is 2.25 bits per heavy atom. The van der Waals surface area contributed by atoms with Gasteiger partial charge in [-0.15, -0.1) is 0 Å². The zero-order valence-electron chi connectivity index (χ0n) is 8.84. The van der Waals surface area contributed by atoms with Gasteiger partial charge in [-0.05, 0) is 25.1 Å². The van der Waals surface area contributed by atoms with Crippen LogP contribution in [0.15, 0.2) is 24.3 Å². The Morgan fingerprint density at radius 1 is 1.50 bits per heavy atom. The van der Waals surface area contributed by atoms with E-state index < -0.39 is 11.9 Å². The zero-order valence-corrected chi connectivity index (χ0v) is 8.84. The standard InChI is InChI=1S/C11H12N2O3/c1-2-16-11(15)9-5-3-4-8(13-9)6-7-10(12)14/h3-7H,2H2,1H3,(H2,12,14). The summed E-state index contributed by atoms with van der Waals surface area (Å²) in [5, 5.41) is 0. The minimum atomic E-state index is -0.566. The molecule has 1 amide bonds. The molecule has 0 radical (unpaired) electrons. The predicted octanol–water partition coefficient (Wildman–Crippen LogP) is 0.757. The fourth-order valence-corrected chi connectivity index (χ4v) is 1.03. The van der Waals surface area contributed by atoms with Crippen molar-refractivity contribution in [2.24, 2.45) is 5.73 Å². The minimum absolute atomic E-state index is 0.202. The first-order valence-corrected chi connectivity index (χ1v) is 4.75. The van der Waals surface area contributed by atoms with Crippen LogP contribution in [0.2, 0.25) is 0 Å². The van der Waals surface area contributed by atoms with Gasteiger partial charge in [0.1, 0.15) is 5.69 Å². The van der Waals surface area contributed by atoms with Crippen LogP contribution >= 0.6 is 0 Å². The molecule has 1 aromatic rings. The Kier molecular flexibility index (Phi) is 4.20. The van der Waals surface area contributed by atoms with Crippen molar-refractivity contribution in [1.82, 2.24) is 4.98 Å². The molecule has 1 aromatic heterocycles. The third-order valence-electron chi connectivity index (χ3n) is 1.67. The summed E-state index contributed by atoms with van der Waals surface area (Å²) in [4.78, 5) is 25.8. The Hall–Kier alpha value is -2.17. The summed E-state index contributed by atoms with van der Waals surface area (Å²) in [5.41, 5.74) is 5.62. The number of nitrogens with zero attached hydrogens (tertiary/aromatic N) is 1. The summed E-state index contributed by atoms with van der Waals surface area (Å²) in [6, 6.07) is 4.85. The number of primary amides is 1. The molecule has 0 fully saturated rings. The second kappa shape index (κ2) is 5.65.